The molecule has 1 aromatic carbocycles. The minimum absolute atomic E-state index is 0.0327. The normalized spacial score (nSPS) is 15.2. The number of carbonyl (C=O) groups excluding carboxylic acids is 3. The summed E-state index contributed by atoms with van der Waals surface area (Å²) in [5, 5.41) is 3.16. The third-order valence-electron chi connectivity index (χ3n) is 7.01. The molecule has 1 saturated carbocycles. The smallest absolute Gasteiger partial charge is 0.409 e. The van der Waals surface area contributed by atoms with Gasteiger partial charge in [-0.05, 0) is 43.4 Å². The minimum Gasteiger partial charge on any atom is -0.450 e. The van der Waals surface area contributed by atoms with Gasteiger partial charge in [0, 0.05) is 59.0 Å². The summed E-state index contributed by atoms with van der Waals surface area (Å²) in [5.74, 6) is 0.357. The Balaban J connectivity index is 2.02. The second kappa shape index (κ2) is 15.9. The number of nitrogens with zero attached hydrogens (tertiary/aromatic N) is 1. The van der Waals surface area contributed by atoms with E-state index in [4.69, 9.17) is 9.47 Å². The van der Waals surface area contributed by atoms with E-state index in [0.29, 0.717) is 43.2 Å². The number of methoxy groups -OCH3 is 1. The Bertz CT molecular complexity index is 864. The first-order valence-electron chi connectivity index (χ1n) is 13.9. The molecule has 1 atom stereocenters. The zero-order valence-corrected chi connectivity index (χ0v) is 24.6. The van der Waals surface area contributed by atoms with Crippen LogP contribution in [0.5, 0.6) is 0 Å². The average molecular weight is 533 g/mol. The average Bonchev–Trinajstić information content (AvgIpc) is 2.86. The first-order chi connectivity index (χ1) is 17.6. The molecule has 0 saturated heterocycles. The SMILES string of the molecule is COCCCCC(=O)c1cccc(C(=O)NC(CC2CCCCC2)CN(C)C(=O)OCC[Si](C)(C)C)c1. The summed E-state index contributed by atoms with van der Waals surface area (Å²) in [4.78, 5) is 40.0. The summed E-state index contributed by atoms with van der Waals surface area (Å²) in [5.41, 5.74) is 1.02. The molecule has 0 radical (unpaired) electrons. The Kier molecular flexibility index (Phi) is 13.4. The van der Waals surface area contributed by atoms with Crippen LogP contribution in [0, 0.1) is 5.92 Å². The van der Waals surface area contributed by atoms with Crippen molar-refractivity contribution in [3.63, 3.8) is 0 Å². The van der Waals surface area contributed by atoms with Crippen LogP contribution in [0.25, 0.3) is 0 Å². The predicted octanol–water partition coefficient (Wildman–Crippen LogP) is 6.16. The van der Waals surface area contributed by atoms with Crippen molar-refractivity contribution in [1.29, 1.82) is 0 Å². The van der Waals surface area contributed by atoms with Gasteiger partial charge in [0.25, 0.3) is 5.91 Å². The lowest BCUT2D eigenvalue weighted by molar-refractivity contribution is 0.0889. The lowest BCUT2D eigenvalue weighted by Gasteiger charge is -2.30. The molecule has 1 fully saturated rings. The monoisotopic (exact) mass is 532 g/mol. The Morgan fingerprint density at radius 1 is 1.05 bits per heavy atom. The maximum atomic E-state index is 13.2. The van der Waals surface area contributed by atoms with Gasteiger partial charge in [0.15, 0.2) is 5.78 Å². The zero-order chi connectivity index (χ0) is 27.3. The van der Waals surface area contributed by atoms with Crippen molar-refractivity contribution >= 4 is 25.9 Å². The van der Waals surface area contributed by atoms with E-state index in [1.54, 1.807) is 43.3 Å². The van der Waals surface area contributed by atoms with Gasteiger partial charge in [0.05, 0.1) is 6.61 Å². The Morgan fingerprint density at radius 2 is 1.76 bits per heavy atom. The molecule has 8 heteroatoms. The lowest BCUT2D eigenvalue weighted by atomic mass is 9.84. The van der Waals surface area contributed by atoms with Gasteiger partial charge in [0.2, 0.25) is 0 Å². The highest BCUT2D eigenvalue weighted by Gasteiger charge is 2.25. The number of ether oxygens (including phenoxy) is 2. The number of unbranched alkanes of at least 4 members (excludes halogenated alkanes) is 1. The third kappa shape index (κ3) is 12.3. The lowest BCUT2D eigenvalue weighted by Crippen LogP contribution is -2.45. The topological polar surface area (TPSA) is 84.9 Å². The van der Waals surface area contributed by atoms with Crippen LogP contribution in [-0.4, -0.2) is 70.7 Å². The van der Waals surface area contributed by atoms with Crippen molar-refractivity contribution in [3.8, 4) is 0 Å². The molecule has 2 rings (SSSR count). The largest absolute Gasteiger partial charge is 0.450 e. The van der Waals surface area contributed by atoms with Crippen LogP contribution < -0.4 is 5.32 Å². The van der Waals surface area contributed by atoms with E-state index in [9.17, 15) is 14.4 Å². The fourth-order valence-corrected chi connectivity index (χ4v) is 5.46. The highest BCUT2D eigenvalue weighted by atomic mass is 28.3. The molecule has 1 aliphatic carbocycles. The molecular weight excluding hydrogens is 484 g/mol. The van der Waals surface area contributed by atoms with Gasteiger partial charge in [-0.15, -0.1) is 0 Å². The van der Waals surface area contributed by atoms with Gasteiger partial charge in [-0.2, -0.15) is 0 Å². The molecule has 208 valence electrons. The van der Waals surface area contributed by atoms with E-state index < -0.39 is 8.07 Å². The van der Waals surface area contributed by atoms with E-state index in [1.807, 2.05) is 0 Å². The fourth-order valence-electron chi connectivity index (χ4n) is 4.74. The number of rotatable bonds is 15. The van der Waals surface area contributed by atoms with E-state index in [2.05, 4.69) is 25.0 Å². The van der Waals surface area contributed by atoms with Gasteiger partial charge in [0.1, 0.15) is 0 Å². The number of likely N-dealkylation sites (N-methyl/N-ethyl adjacent to an activating group) is 1. The second-order valence-electron chi connectivity index (χ2n) is 11.7. The molecule has 1 aliphatic rings. The zero-order valence-electron chi connectivity index (χ0n) is 23.6. The Hall–Kier alpha value is -2.19. The Morgan fingerprint density at radius 3 is 2.43 bits per heavy atom. The van der Waals surface area contributed by atoms with Crippen LogP contribution in [0.15, 0.2) is 24.3 Å². The maximum Gasteiger partial charge on any atom is 0.409 e. The number of Topliss-reactive ketones (excluding diaryl/α,β-unsaturated/α-hetero) is 1. The minimum atomic E-state index is -1.29. The van der Waals surface area contributed by atoms with Crippen molar-refractivity contribution in [2.75, 3.05) is 33.9 Å². The first-order valence-corrected chi connectivity index (χ1v) is 17.6. The highest BCUT2D eigenvalue weighted by Crippen LogP contribution is 2.27. The van der Waals surface area contributed by atoms with Gasteiger partial charge < -0.3 is 19.7 Å². The van der Waals surface area contributed by atoms with E-state index >= 15 is 0 Å². The Labute approximate surface area is 224 Å². The second-order valence-corrected chi connectivity index (χ2v) is 17.3. The molecule has 1 N–H and O–H groups in total. The predicted molar refractivity (Wildman–Crippen MR) is 151 cm³/mol. The summed E-state index contributed by atoms with van der Waals surface area (Å²) in [7, 11) is 2.10. The van der Waals surface area contributed by atoms with Crippen molar-refractivity contribution in [2.45, 2.75) is 89.5 Å². The fraction of sp³-hybridized carbons (Fsp3) is 0.690. The standard InChI is InChI=1S/C29H48N2O5Si/c1-31(29(34)36-18-19-37(3,4)5)22-26(20-23-12-7-6-8-13-23)30-28(33)25-15-11-14-24(21-25)27(32)16-9-10-17-35-2/h11,14-15,21,23,26H,6-10,12-13,16-20,22H2,1-5H3,(H,30,33). The molecule has 0 bridgehead atoms. The quantitative estimate of drug-likeness (QED) is 0.166. The molecule has 0 aliphatic heterocycles. The van der Waals surface area contributed by atoms with Gasteiger partial charge in [-0.25, -0.2) is 4.79 Å². The first kappa shape index (κ1) is 31.0. The van der Waals surface area contributed by atoms with Crippen LogP contribution in [0.4, 0.5) is 4.79 Å². The van der Waals surface area contributed by atoms with Gasteiger partial charge in [-0.1, -0.05) is 63.9 Å². The maximum absolute atomic E-state index is 13.2. The number of hydrogen-bond acceptors (Lipinski definition) is 5. The van der Waals surface area contributed by atoms with E-state index in [1.165, 1.54) is 19.3 Å². The van der Waals surface area contributed by atoms with Crippen LogP contribution in [0.1, 0.15) is 78.5 Å². The summed E-state index contributed by atoms with van der Waals surface area (Å²) in [6.45, 7) is 8.23. The van der Waals surface area contributed by atoms with Crippen molar-refractivity contribution in [2.24, 2.45) is 5.92 Å². The number of carbonyl (C=O) groups is 3. The van der Waals surface area contributed by atoms with Crippen LogP contribution >= 0.6 is 0 Å². The highest BCUT2D eigenvalue weighted by molar-refractivity contribution is 6.76. The molecule has 0 spiro atoms. The van der Waals surface area contributed by atoms with Crippen molar-refractivity contribution < 1.29 is 23.9 Å². The van der Waals surface area contributed by atoms with Gasteiger partial charge in [-0.3, -0.25) is 9.59 Å². The number of ketones is 1. The number of benzene rings is 1. The third-order valence-corrected chi connectivity index (χ3v) is 8.71. The molecular formula is C29H48N2O5Si. The summed E-state index contributed by atoms with van der Waals surface area (Å²) in [6, 6.07) is 7.69. The molecule has 0 heterocycles. The molecule has 1 unspecified atom stereocenters. The molecule has 37 heavy (non-hydrogen) atoms. The summed E-state index contributed by atoms with van der Waals surface area (Å²) >= 11 is 0. The number of hydrogen-bond donors (Lipinski definition) is 1. The molecule has 0 aromatic heterocycles. The van der Waals surface area contributed by atoms with Crippen molar-refractivity contribution in [1.82, 2.24) is 10.2 Å². The summed E-state index contributed by atoms with van der Waals surface area (Å²) in [6.07, 6.45) is 8.52. The molecule has 1 aromatic rings. The van der Waals surface area contributed by atoms with Crippen LogP contribution in [0.3, 0.4) is 0 Å². The van der Waals surface area contributed by atoms with Crippen LogP contribution in [-0.2, 0) is 9.47 Å². The van der Waals surface area contributed by atoms with Crippen LogP contribution in [0.2, 0.25) is 25.7 Å². The van der Waals surface area contributed by atoms with E-state index in [0.717, 1.165) is 38.1 Å². The number of nitrogens with one attached hydrogen (secondary N) is 1. The number of amides is 2. The van der Waals surface area contributed by atoms with E-state index in [-0.39, 0.29) is 23.8 Å². The van der Waals surface area contributed by atoms with Crippen molar-refractivity contribution in [3.05, 3.63) is 35.4 Å². The molecule has 7 nitrogen and oxygen atoms in total. The summed E-state index contributed by atoms with van der Waals surface area (Å²) < 4.78 is 10.6. The molecule has 2 amide bonds. The van der Waals surface area contributed by atoms with Gasteiger partial charge >= 0.3 is 6.09 Å².